The molecule has 0 aromatic heterocycles. The Morgan fingerprint density at radius 3 is 2.04 bits per heavy atom. The Labute approximate surface area is 159 Å². The standard InChI is InChI=1S/C16H12ClN3O6S/c1-9-3-5-11(6-4-9)27(25,26)8-13-12(7-18)14(17)16(20(23)24)10(2)15(13)19(21)22/h3-6H,8H2,1-2H3. The molecule has 2 aromatic rings. The predicted molar refractivity (Wildman–Crippen MR) is 96.3 cm³/mol. The molecule has 0 unspecified atom stereocenters. The Morgan fingerprint density at radius 2 is 1.59 bits per heavy atom. The summed E-state index contributed by atoms with van der Waals surface area (Å²) in [6.45, 7) is 2.85. The third-order valence-corrected chi connectivity index (χ3v) is 5.94. The van der Waals surface area contributed by atoms with Crippen molar-refractivity contribution in [3.05, 3.63) is 71.8 Å². The number of halogens is 1. The molecule has 9 nitrogen and oxygen atoms in total. The zero-order valence-electron chi connectivity index (χ0n) is 14.1. The second kappa shape index (κ2) is 7.30. The number of nitrogens with zero attached hydrogens (tertiary/aromatic N) is 3. The van der Waals surface area contributed by atoms with E-state index in [0.717, 1.165) is 12.5 Å². The van der Waals surface area contributed by atoms with Gasteiger partial charge >= 0.3 is 0 Å². The normalized spacial score (nSPS) is 11.0. The van der Waals surface area contributed by atoms with Crippen molar-refractivity contribution in [2.24, 2.45) is 0 Å². The van der Waals surface area contributed by atoms with E-state index in [4.69, 9.17) is 11.6 Å². The second-order valence-electron chi connectivity index (χ2n) is 5.69. The Bertz CT molecular complexity index is 1100. The monoisotopic (exact) mass is 409 g/mol. The third-order valence-electron chi connectivity index (χ3n) is 3.92. The summed E-state index contributed by atoms with van der Waals surface area (Å²) < 4.78 is 25.4. The highest BCUT2D eigenvalue weighted by Gasteiger charge is 2.36. The average molecular weight is 410 g/mol. The fourth-order valence-electron chi connectivity index (χ4n) is 2.61. The minimum absolute atomic E-state index is 0.0987. The van der Waals surface area contributed by atoms with Crippen molar-refractivity contribution in [2.75, 3.05) is 0 Å². The van der Waals surface area contributed by atoms with Gasteiger partial charge in [-0.05, 0) is 26.0 Å². The zero-order chi connectivity index (χ0) is 20.5. The number of benzene rings is 2. The lowest BCUT2D eigenvalue weighted by molar-refractivity contribution is -0.395. The Kier molecular flexibility index (Phi) is 5.48. The lowest BCUT2D eigenvalue weighted by Gasteiger charge is -2.11. The first-order chi connectivity index (χ1) is 12.5. The summed E-state index contributed by atoms with van der Waals surface area (Å²) in [5.74, 6) is -0.895. The minimum atomic E-state index is -4.07. The maximum Gasteiger partial charge on any atom is 0.299 e. The van der Waals surface area contributed by atoms with Crippen molar-refractivity contribution in [3.63, 3.8) is 0 Å². The minimum Gasteiger partial charge on any atom is -0.258 e. The van der Waals surface area contributed by atoms with E-state index in [1.807, 2.05) is 0 Å². The first kappa shape index (κ1) is 20.3. The van der Waals surface area contributed by atoms with E-state index < -0.39 is 58.5 Å². The lowest BCUT2D eigenvalue weighted by atomic mass is 10.0. The van der Waals surface area contributed by atoms with Gasteiger partial charge in [0.1, 0.15) is 16.7 Å². The van der Waals surface area contributed by atoms with Crippen LogP contribution in [0.4, 0.5) is 11.4 Å². The van der Waals surface area contributed by atoms with E-state index in [2.05, 4.69) is 0 Å². The van der Waals surface area contributed by atoms with Crippen LogP contribution in [0.2, 0.25) is 5.02 Å². The summed E-state index contributed by atoms with van der Waals surface area (Å²) in [4.78, 5) is 20.7. The summed E-state index contributed by atoms with van der Waals surface area (Å²) in [6, 6.07) is 7.34. The van der Waals surface area contributed by atoms with Crippen LogP contribution in [0.15, 0.2) is 29.2 Å². The largest absolute Gasteiger partial charge is 0.299 e. The van der Waals surface area contributed by atoms with E-state index in [1.54, 1.807) is 25.1 Å². The first-order valence-corrected chi connectivity index (χ1v) is 9.37. The quantitative estimate of drug-likeness (QED) is 0.541. The molecule has 0 N–H and O–H groups in total. The highest BCUT2D eigenvalue weighted by molar-refractivity contribution is 7.90. The smallest absolute Gasteiger partial charge is 0.258 e. The van der Waals surface area contributed by atoms with Gasteiger partial charge in [0.2, 0.25) is 0 Å². The van der Waals surface area contributed by atoms with Crippen LogP contribution in [0.1, 0.15) is 22.3 Å². The molecule has 2 aromatic carbocycles. The van der Waals surface area contributed by atoms with Gasteiger partial charge < -0.3 is 0 Å². The van der Waals surface area contributed by atoms with Crippen molar-refractivity contribution in [3.8, 4) is 6.07 Å². The summed E-state index contributed by atoms with van der Waals surface area (Å²) in [6.07, 6.45) is 0. The number of hydrogen-bond acceptors (Lipinski definition) is 7. The van der Waals surface area contributed by atoms with Gasteiger partial charge in [-0.1, -0.05) is 29.3 Å². The molecule has 2 rings (SSSR count). The number of nitriles is 1. The topological polar surface area (TPSA) is 144 Å². The van der Waals surface area contributed by atoms with Crippen LogP contribution in [-0.2, 0) is 15.6 Å². The van der Waals surface area contributed by atoms with Crippen LogP contribution in [-0.4, -0.2) is 18.3 Å². The summed E-state index contributed by atoms with van der Waals surface area (Å²) in [5, 5.41) is 31.4. The molecular formula is C16H12ClN3O6S. The Morgan fingerprint density at radius 1 is 1.07 bits per heavy atom. The molecule has 0 amide bonds. The van der Waals surface area contributed by atoms with Gasteiger partial charge in [-0.2, -0.15) is 5.26 Å². The molecule has 0 atom stereocenters. The molecular weight excluding hydrogens is 398 g/mol. The molecule has 0 aliphatic carbocycles. The van der Waals surface area contributed by atoms with Gasteiger partial charge in [0.15, 0.2) is 9.84 Å². The number of nitro groups is 2. The second-order valence-corrected chi connectivity index (χ2v) is 8.06. The Balaban J connectivity index is 2.80. The fraction of sp³-hybridized carbons (Fsp3) is 0.188. The zero-order valence-corrected chi connectivity index (χ0v) is 15.7. The van der Waals surface area contributed by atoms with Crippen molar-refractivity contribution in [1.82, 2.24) is 0 Å². The fourth-order valence-corrected chi connectivity index (χ4v) is 4.36. The molecule has 27 heavy (non-hydrogen) atoms. The van der Waals surface area contributed by atoms with Gasteiger partial charge in [-0.3, -0.25) is 20.2 Å². The van der Waals surface area contributed by atoms with Crippen molar-refractivity contribution in [2.45, 2.75) is 24.5 Å². The van der Waals surface area contributed by atoms with Gasteiger partial charge in [0.25, 0.3) is 11.4 Å². The Hall–Kier alpha value is -3.03. The lowest BCUT2D eigenvalue weighted by Crippen LogP contribution is -2.12. The number of hydrogen-bond donors (Lipinski definition) is 0. The van der Waals surface area contributed by atoms with E-state index in [9.17, 15) is 33.9 Å². The summed E-state index contributed by atoms with van der Waals surface area (Å²) in [5.41, 5.74) is -2.28. The van der Waals surface area contributed by atoms with Gasteiger partial charge in [0, 0.05) is 0 Å². The molecule has 0 saturated heterocycles. The molecule has 0 aliphatic rings. The van der Waals surface area contributed by atoms with Crippen LogP contribution in [0.5, 0.6) is 0 Å². The predicted octanol–water partition coefficient (Wildman–Crippen LogP) is 3.62. The average Bonchev–Trinajstić information content (AvgIpc) is 2.54. The molecule has 0 bridgehead atoms. The van der Waals surface area contributed by atoms with Gasteiger partial charge in [-0.15, -0.1) is 0 Å². The van der Waals surface area contributed by atoms with Gasteiger partial charge in [-0.25, -0.2) is 8.42 Å². The van der Waals surface area contributed by atoms with Crippen LogP contribution in [0.3, 0.4) is 0 Å². The van der Waals surface area contributed by atoms with Crippen molar-refractivity contribution in [1.29, 1.82) is 5.26 Å². The molecule has 0 spiro atoms. The van der Waals surface area contributed by atoms with Crippen molar-refractivity contribution >= 4 is 32.8 Å². The summed E-state index contributed by atoms with van der Waals surface area (Å²) >= 11 is 5.91. The molecule has 0 fully saturated rings. The third kappa shape index (κ3) is 3.74. The van der Waals surface area contributed by atoms with E-state index in [-0.39, 0.29) is 4.90 Å². The van der Waals surface area contributed by atoms with E-state index in [1.165, 1.54) is 12.1 Å². The van der Waals surface area contributed by atoms with Crippen LogP contribution >= 0.6 is 11.6 Å². The number of aryl methyl sites for hydroxylation is 1. The number of nitro benzene ring substituents is 2. The first-order valence-electron chi connectivity index (χ1n) is 7.34. The molecule has 140 valence electrons. The van der Waals surface area contributed by atoms with Crippen LogP contribution < -0.4 is 0 Å². The highest BCUT2D eigenvalue weighted by atomic mass is 35.5. The molecule has 11 heteroatoms. The molecule has 0 heterocycles. The van der Waals surface area contributed by atoms with Crippen molar-refractivity contribution < 1.29 is 18.3 Å². The van der Waals surface area contributed by atoms with Crippen LogP contribution in [0, 0.1) is 45.4 Å². The summed E-state index contributed by atoms with van der Waals surface area (Å²) in [7, 11) is -4.07. The van der Waals surface area contributed by atoms with Crippen LogP contribution in [0.25, 0.3) is 0 Å². The molecule has 0 saturated carbocycles. The SMILES string of the molecule is Cc1ccc(S(=O)(=O)Cc2c(C#N)c(Cl)c([N+](=O)[O-])c(C)c2[N+](=O)[O-])cc1. The van der Waals surface area contributed by atoms with E-state index >= 15 is 0 Å². The highest BCUT2D eigenvalue weighted by Crippen LogP contribution is 2.42. The van der Waals surface area contributed by atoms with E-state index in [0.29, 0.717) is 0 Å². The number of sulfone groups is 1. The molecule has 0 aliphatic heterocycles. The molecule has 0 radical (unpaired) electrons. The number of rotatable bonds is 5. The maximum atomic E-state index is 12.7. The maximum absolute atomic E-state index is 12.7. The van der Waals surface area contributed by atoms with Gasteiger partial charge in [0.05, 0.1) is 31.6 Å².